The summed E-state index contributed by atoms with van der Waals surface area (Å²) in [4.78, 5) is 27.0. The second-order valence-corrected chi connectivity index (χ2v) is 6.31. The molecule has 0 aromatic heterocycles. The molecule has 1 fully saturated rings. The van der Waals surface area contributed by atoms with E-state index in [1.807, 2.05) is 24.3 Å². The van der Waals surface area contributed by atoms with E-state index in [0.29, 0.717) is 0 Å². The summed E-state index contributed by atoms with van der Waals surface area (Å²) >= 11 is 3.52. The lowest BCUT2D eigenvalue weighted by atomic mass is 10.1. The van der Waals surface area contributed by atoms with Crippen LogP contribution in [0.4, 0.5) is 0 Å². The second kappa shape index (κ2) is 5.95. The quantitative estimate of drug-likeness (QED) is 0.843. The van der Waals surface area contributed by atoms with Crippen molar-refractivity contribution >= 4 is 27.7 Å². The van der Waals surface area contributed by atoms with E-state index in [2.05, 4.69) is 15.9 Å². The molecule has 5 heteroatoms. The number of hydrogen-bond acceptors (Lipinski definition) is 2. The highest BCUT2D eigenvalue weighted by molar-refractivity contribution is 9.10. The predicted molar refractivity (Wildman–Crippen MR) is 81.3 cm³/mol. The number of carbonyl (C=O) groups excluding carboxylic acids is 2. The van der Waals surface area contributed by atoms with Crippen LogP contribution < -0.4 is 0 Å². The first-order valence-electron chi connectivity index (χ1n) is 6.61. The van der Waals surface area contributed by atoms with E-state index in [9.17, 15) is 9.59 Å². The van der Waals surface area contributed by atoms with Gasteiger partial charge in [-0.3, -0.25) is 9.59 Å². The summed E-state index contributed by atoms with van der Waals surface area (Å²) in [6.45, 7) is 0.144. The first-order chi connectivity index (χ1) is 9.41. The molecule has 0 saturated heterocycles. The van der Waals surface area contributed by atoms with E-state index < -0.39 is 0 Å². The average Bonchev–Trinajstić information content (AvgIpc) is 3.18. The predicted octanol–water partition coefficient (Wildman–Crippen LogP) is 2.10. The van der Waals surface area contributed by atoms with Gasteiger partial charge in [-0.05, 0) is 24.0 Å². The summed E-state index contributed by atoms with van der Waals surface area (Å²) in [5.74, 6) is 0.281. The first kappa shape index (κ1) is 15.0. The number of amides is 2. The highest BCUT2D eigenvalue weighted by Crippen LogP contribution is 2.50. The Kier molecular flexibility index (Phi) is 4.48. The topological polar surface area (TPSA) is 40.6 Å². The van der Waals surface area contributed by atoms with Crippen molar-refractivity contribution in [2.45, 2.75) is 12.3 Å². The molecule has 20 heavy (non-hydrogen) atoms. The van der Waals surface area contributed by atoms with Crippen LogP contribution in [0.3, 0.4) is 0 Å². The first-order valence-corrected chi connectivity index (χ1v) is 7.40. The van der Waals surface area contributed by atoms with Crippen molar-refractivity contribution < 1.29 is 9.59 Å². The van der Waals surface area contributed by atoms with E-state index in [0.717, 1.165) is 10.9 Å². The molecule has 1 aromatic carbocycles. The molecule has 0 unspecified atom stereocenters. The van der Waals surface area contributed by atoms with Gasteiger partial charge in [0.15, 0.2) is 0 Å². The summed E-state index contributed by atoms with van der Waals surface area (Å²) in [5, 5.41) is 0. The summed E-state index contributed by atoms with van der Waals surface area (Å²) in [7, 11) is 5.09. The minimum atomic E-state index is -0.0565. The zero-order chi connectivity index (χ0) is 14.9. The largest absolute Gasteiger partial charge is 0.347 e. The Hall–Kier alpha value is -1.36. The third kappa shape index (κ3) is 3.20. The van der Waals surface area contributed by atoms with Crippen LogP contribution in [0, 0.1) is 5.92 Å². The molecule has 4 nitrogen and oxygen atoms in total. The molecular formula is C15H19BrN2O2. The zero-order valence-electron chi connectivity index (χ0n) is 12.0. The molecule has 108 valence electrons. The van der Waals surface area contributed by atoms with Crippen LogP contribution in [0.5, 0.6) is 0 Å². The lowest BCUT2D eigenvalue weighted by Crippen LogP contribution is -2.38. The Balaban J connectivity index is 1.96. The van der Waals surface area contributed by atoms with Gasteiger partial charge in [-0.2, -0.15) is 0 Å². The number of halogens is 1. The molecule has 0 N–H and O–H groups in total. The van der Waals surface area contributed by atoms with Crippen LogP contribution >= 0.6 is 15.9 Å². The third-order valence-electron chi connectivity index (χ3n) is 3.66. The van der Waals surface area contributed by atoms with Gasteiger partial charge in [-0.15, -0.1) is 0 Å². The van der Waals surface area contributed by atoms with E-state index in [1.54, 1.807) is 21.1 Å². The number of nitrogens with zero attached hydrogens (tertiary/aromatic N) is 2. The average molecular weight is 339 g/mol. The van der Waals surface area contributed by atoms with Gasteiger partial charge in [0.1, 0.15) is 0 Å². The van der Waals surface area contributed by atoms with Crippen LogP contribution in [0.1, 0.15) is 17.9 Å². The Labute approximate surface area is 127 Å². The van der Waals surface area contributed by atoms with Crippen LogP contribution in [0.2, 0.25) is 0 Å². The van der Waals surface area contributed by atoms with Crippen molar-refractivity contribution in [3.63, 3.8) is 0 Å². The summed E-state index contributed by atoms with van der Waals surface area (Å²) < 4.78 is 1.05. The molecule has 1 saturated carbocycles. The monoisotopic (exact) mass is 338 g/mol. The highest BCUT2D eigenvalue weighted by Gasteiger charge is 2.46. The molecule has 2 amide bonds. The molecule has 0 heterocycles. The minimum absolute atomic E-state index is 0.00802. The lowest BCUT2D eigenvalue weighted by Gasteiger charge is -2.19. The van der Waals surface area contributed by atoms with Crippen molar-refractivity contribution in [1.82, 2.24) is 9.80 Å². The van der Waals surface area contributed by atoms with Gasteiger partial charge >= 0.3 is 0 Å². The van der Waals surface area contributed by atoms with Gasteiger partial charge in [0.2, 0.25) is 11.8 Å². The lowest BCUT2D eigenvalue weighted by molar-refractivity contribution is -0.138. The maximum Gasteiger partial charge on any atom is 0.241 e. The highest BCUT2D eigenvalue weighted by atomic mass is 79.9. The SMILES string of the molecule is CN(C)C(=O)CN(C)C(=O)[C@H]1C[C@H]1c1ccccc1Br. The molecule has 2 rings (SSSR count). The third-order valence-corrected chi connectivity index (χ3v) is 4.38. The fourth-order valence-electron chi connectivity index (χ4n) is 2.29. The van der Waals surface area contributed by atoms with Crippen LogP contribution in [-0.2, 0) is 9.59 Å². The molecule has 1 aromatic rings. The molecular weight excluding hydrogens is 320 g/mol. The summed E-state index contributed by atoms with van der Waals surface area (Å²) in [6.07, 6.45) is 0.863. The maximum absolute atomic E-state index is 12.3. The number of benzene rings is 1. The van der Waals surface area contributed by atoms with Crippen molar-refractivity contribution in [3.8, 4) is 0 Å². The van der Waals surface area contributed by atoms with Crippen LogP contribution in [0.25, 0.3) is 0 Å². The molecule has 1 aliphatic carbocycles. The Morgan fingerprint density at radius 2 is 1.90 bits per heavy atom. The van der Waals surface area contributed by atoms with Gasteiger partial charge in [0.25, 0.3) is 0 Å². The van der Waals surface area contributed by atoms with Crippen LogP contribution in [-0.4, -0.2) is 49.3 Å². The summed E-state index contributed by atoms with van der Waals surface area (Å²) in [5.41, 5.74) is 1.18. The van der Waals surface area contributed by atoms with Crippen molar-refractivity contribution in [2.24, 2.45) is 5.92 Å². The molecule has 2 atom stereocenters. The molecule has 1 aliphatic rings. The van der Waals surface area contributed by atoms with Crippen molar-refractivity contribution in [2.75, 3.05) is 27.7 Å². The van der Waals surface area contributed by atoms with E-state index in [4.69, 9.17) is 0 Å². The molecule has 0 aliphatic heterocycles. The number of likely N-dealkylation sites (N-methyl/N-ethyl adjacent to an activating group) is 2. The normalized spacial score (nSPS) is 20.4. The maximum atomic E-state index is 12.3. The van der Waals surface area contributed by atoms with Gasteiger partial charge < -0.3 is 9.80 Å². The van der Waals surface area contributed by atoms with E-state index in [-0.39, 0.29) is 30.2 Å². The number of carbonyl (C=O) groups is 2. The second-order valence-electron chi connectivity index (χ2n) is 5.45. The minimum Gasteiger partial charge on any atom is -0.347 e. The zero-order valence-corrected chi connectivity index (χ0v) is 13.6. The molecule has 0 radical (unpaired) electrons. The van der Waals surface area contributed by atoms with Crippen molar-refractivity contribution in [1.29, 1.82) is 0 Å². The molecule has 0 spiro atoms. The standard InChI is InChI=1S/C15H19BrN2O2/c1-17(2)14(19)9-18(3)15(20)12-8-11(12)10-6-4-5-7-13(10)16/h4-7,11-12H,8-9H2,1-3H3/t11-,12-/m0/s1. The summed E-state index contributed by atoms with van der Waals surface area (Å²) in [6, 6.07) is 8.00. The fourth-order valence-corrected chi connectivity index (χ4v) is 2.87. The van der Waals surface area contributed by atoms with E-state index >= 15 is 0 Å². The van der Waals surface area contributed by atoms with Gasteiger partial charge in [0.05, 0.1) is 6.54 Å². The van der Waals surface area contributed by atoms with Crippen LogP contribution in [0.15, 0.2) is 28.7 Å². The Morgan fingerprint density at radius 1 is 1.25 bits per heavy atom. The number of hydrogen-bond donors (Lipinski definition) is 0. The van der Waals surface area contributed by atoms with Gasteiger partial charge in [0, 0.05) is 31.5 Å². The smallest absolute Gasteiger partial charge is 0.241 e. The van der Waals surface area contributed by atoms with Gasteiger partial charge in [-0.1, -0.05) is 34.1 Å². The fraction of sp³-hybridized carbons (Fsp3) is 0.467. The van der Waals surface area contributed by atoms with E-state index in [1.165, 1.54) is 15.4 Å². The molecule has 0 bridgehead atoms. The van der Waals surface area contributed by atoms with Gasteiger partial charge in [-0.25, -0.2) is 0 Å². The van der Waals surface area contributed by atoms with Crippen molar-refractivity contribution in [3.05, 3.63) is 34.3 Å². The Bertz CT molecular complexity index is 530. The number of rotatable bonds is 4. The Morgan fingerprint density at radius 3 is 2.50 bits per heavy atom.